The third-order valence-corrected chi connectivity index (χ3v) is 4.51. The highest BCUT2D eigenvalue weighted by atomic mass is 32.1. The number of nitrogens with zero attached hydrogens (tertiary/aromatic N) is 3. The van der Waals surface area contributed by atoms with Crippen LogP contribution in [-0.2, 0) is 11.3 Å². The zero-order valence-electron chi connectivity index (χ0n) is 11.4. The Hall–Kier alpha value is -1.02. The number of carboxylic acid groups (broad SMARTS) is 1. The van der Waals surface area contributed by atoms with Crippen LogP contribution in [0.4, 0.5) is 0 Å². The highest BCUT2D eigenvalue weighted by Crippen LogP contribution is 2.29. The maximum atomic E-state index is 11.2. The summed E-state index contributed by atoms with van der Waals surface area (Å²) in [7, 11) is 5.67. The van der Waals surface area contributed by atoms with Crippen LogP contribution in [0.5, 0.6) is 0 Å². The Morgan fingerprint density at radius 1 is 1.53 bits per heavy atom. The molecule has 0 aromatic carbocycles. The number of carboxylic acids is 1. The maximum Gasteiger partial charge on any atom is 0.347 e. The molecule has 7 heteroatoms. The summed E-state index contributed by atoms with van der Waals surface area (Å²) in [6.07, 6.45) is 0. The molecule has 0 amide bonds. The molecule has 1 N–H and O–H groups in total. The van der Waals surface area contributed by atoms with E-state index >= 15 is 0 Å². The molecule has 1 unspecified atom stereocenters. The standard InChI is InChI=1S/C12H19N3O3S/c1-14-4-5-15(2)9(6-14)11-13-8(7-18-3)10(19-11)12(16)17/h9H,4-7H2,1-3H3,(H,16,17). The first-order valence-corrected chi connectivity index (χ1v) is 6.95. The second-order valence-corrected chi connectivity index (χ2v) is 5.86. The van der Waals surface area contributed by atoms with Crippen LogP contribution in [0.2, 0.25) is 0 Å². The Morgan fingerprint density at radius 3 is 2.89 bits per heavy atom. The number of ether oxygens (including phenoxy) is 1. The number of hydrogen-bond donors (Lipinski definition) is 1. The van der Waals surface area contributed by atoms with Gasteiger partial charge in [-0.3, -0.25) is 4.90 Å². The fourth-order valence-corrected chi connectivity index (χ4v) is 3.26. The first-order chi connectivity index (χ1) is 9.02. The van der Waals surface area contributed by atoms with Gasteiger partial charge in [-0.25, -0.2) is 9.78 Å². The number of aromatic carboxylic acids is 1. The second-order valence-electron chi connectivity index (χ2n) is 4.82. The minimum absolute atomic E-state index is 0.160. The summed E-state index contributed by atoms with van der Waals surface area (Å²) in [6, 6.07) is 0.160. The van der Waals surface area contributed by atoms with Crippen molar-refractivity contribution in [2.75, 3.05) is 40.8 Å². The quantitative estimate of drug-likeness (QED) is 0.887. The van der Waals surface area contributed by atoms with Gasteiger partial charge in [0.05, 0.1) is 18.3 Å². The molecule has 0 bridgehead atoms. The van der Waals surface area contributed by atoms with Gasteiger partial charge in [-0.05, 0) is 14.1 Å². The van der Waals surface area contributed by atoms with Crippen molar-refractivity contribution in [3.8, 4) is 0 Å². The predicted octanol–water partition coefficient (Wildman–Crippen LogP) is 0.906. The van der Waals surface area contributed by atoms with Gasteiger partial charge in [0.1, 0.15) is 9.88 Å². The molecular formula is C12H19N3O3S. The van der Waals surface area contributed by atoms with Crippen molar-refractivity contribution in [2.24, 2.45) is 0 Å². The van der Waals surface area contributed by atoms with E-state index in [0.717, 1.165) is 24.6 Å². The fourth-order valence-electron chi connectivity index (χ4n) is 2.19. The van der Waals surface area contributed by atoms with E-state index in [0.29, 0.717) is 10.6 Å². The summed E-state index contributed by atoms with van der Waals surface area (Å²) in [5, 5.41) is 10.1. The van der Waals surface area contributed by atoms with Gasteiger partial charge in [0.25, 0.3) is 0 Å². The van der Waals surface area contributed by atoms with Crippen LogP contribution in [0.15, 0.2) is 0 Å². The molecule has 6 nitrogen and oxygen atoms in total. The van der Waals surface area contributed by atoms with Gasteiger partial charge >= 0.3 is 5.97 Å². The lowest BCUT2D eigenvalue weighted by molar-refractivity contribution is 0.0697. The Bertz CT molecular complexity index is 463. The van der Waals surface area contributed by atoms with Crippen molar-refractivity contribution in [1.82, 2.24) is 14.8 Å². The predicted molar refractivity (Wildman–Crippen MR) is 72.7 cm³/mol. The summed E-state index contributed by atoms with van der Waals surface area (Å²) in [4.78, 5) is 20.5. The molecule has 1 aliphatic rings. The molecule has 1 saturated heterocycles. The van der Waals surface area contributed by atoms with Crippen molar-refractivity contribution >= 4 is 17.3 Å². The summed E-state index contributed by atoms with van der Waals surface area (Å²) >= 11 is 1.26. The van der Waals surface area contributed by atoms with E-state index in [1.807, 2.05) is 0 Å². The van der Waals surface area contributed by atoms with Gasteiger partial charge in [-0.15, -0.1) is 11.3 Å². The van der Waals surface area contributed by atoms with Crippen LogP contribution < -0.4 is 0 Å². The minimum Gasteiger partial charge on any atom is -0.477 e. The van der Waals surface area contributed by atoms with Gasteiger partial charge in [-0.1, -0.05) is 0 Å². The van der Waals surface area contributed by atoms with Crippen molar-refractivity contribution in [3.63, 3.8) is 0 Å². The molecule has 1 aromatic rings. The highest BCUT2D eigenvalue weighted by Gasteiger charge is 2.28. The van der Waals surface area contributed by atoms with Crippen LogP contribution >= 0.6 is 11.3 Å². The van der Waals surface area contributed by atoms with Crippen LogP contribution in [0.25, 0.3) is 0 Å². The zero-order chi connectivity index (χ0) is 14.0. The number of methoxy groups -OCH3 is 1. The molecule has 1 fully saturated rings. The Morgan fingerprint density at radius 2 is 2.26 bits per heavy atom. The summed E-state index contributed by atoms with van der Waals surface area (Å²) < 4.78 is 5.02. The van der Waals surface area contributed by atoms with Gasteiger partial charge in [-0.2, -0.15) is 0 Å². The minimum atomic E-state index is -0.928. The van der Waals surface area contributed by atoms with Crippen molar-refractivity contribution in [3.05, 3.63) is 15.6 Å². The number of thiazole rings is 1. The molecule has 19 heavy (non-hydrogen) atoms. The lowest BCUT2D eigenvalue weighted by Gasteiger charge is -2.36. The van der Waals surface area contributed by atoms with E-state index in [2.05, 4.69) is 28.9 Å². The highest BCUT2D eigenvalue weighted by molar-refractivity contribution is 7.13. The average Bonchev–Trinajstić information content (AvgIpc) is 2.77. The van der Waals surface area contributed by atoms with Crippen LogP contribution in [0.3, 0.4) is 0 Å². The van der Waals surface area contributed by atoms with Gasteiger partial charge < -0.3 is 14.7 Å². The van der Waals surface area contributed by atoms with Crippen molar-refractivity contribution in [2.45, 2.75) is 12.6 Å². The number of carbonyl (C=O) groups is 1. The average molecular weight is 285 g/mol. The Kier molecular flexibility index (Phi) is 4.51. The van der Waals surface area contributed by atoms with E-state index in [1.165, 1.54) is 11.3 Å². The van der Waals surface area contributed by atoms with Gasteiger partial charge in [0.15, 0.2) is 0 Å². The monoisotopic (exact) mass is 285 g/mol. The molecule has 0 saturated carbocycles. The molecule has 1 aromatic heterocycles. The molecular weight excluding hydrogens is 266 g/mol. The lowest BCUT2D eigenvalue weighted by Crippen LogP contribution is -2.44. The molecule has 2 rings (SSSR count). The first kappa shape index (κ1) is 14.4. The van der Waals surface area contributed by atoms with E-state index < -0.39 is 5.97 Å². The van der Waals surface area contributed by atoms with E-state index in [1.54, 1.807) is 7.11 Å². The number of rotatable bonds is 4. The van der Waals surface area contributed by atoms with Crippen molar-refractivity contribution in [1.29, 1.82) is 0 Å². The van der Waals surface area contributed by atoms with E-state index in [4.69, 9.17) is 4.74 Å². The van der Waals surface area contributed by atoms with Crippen LogP contribution in [0, 0.1) is 0 Å². The van der Waals surface area contributed by atoms with E-state index in [-0.39, 0.29) is 12.6 Å². The summed E-state index contributed by atoms with van der Waals surface area (Å²) in [5.41, 5.74) is 0.525. The number of hydrogen-bond acceptors (Lipinski definition) is 6. The maximum absolute atomic E-state index is 11.2. The molecule has 1 aliphatic heterocycles. The Labute approximate surface area is 116 Å². The Balaban J connectivity index is 2.28. The number of likely N-dealkylation sites (N-methyl/N-ethyl adjacent to an activating group) is 2. The zero-order valence-corrected chi connectivity index (χ0v) is 12.2. The van der Waals surface area contributed by atoms with Crippen LogP contribution in [0.1, 0.15) is 26.4 Å². The van der Waals surface area contributed by atoms with E-state index in [9.17, 15) is 9.90 Å². The molecule has 2 heterocycles. The molecule has 0 spiro atoms. The molecule has 0 radical (unpaired) electrons. The number of aromatic nitrogens is 1. The first-order valence-electron chi connectivity index (χ1n) is 6.13. The smallest absolute Gasteiger partial charge is 0.347 e. The summed E-state index contributed by atoms with van der Waals surface area (Å²) in [6.45, 7) is 3.09. The van der Waals surface area contributed by atoms with Crippen LogP contribution in [-0.4, -0.2) is 66.7 Å². The summed E-state index contributed by atoms with van der Waals surface area (Å²) in [5.74, 6) is -0.928. The molecule has 0 aliphatic carbocycles. The van der Waals surface area contributed by atoms with Gasteiger partial charge in [0, 0.05) is 26.7 Å². The lowest BCUT2D eigenvalue weighted by atomic mass is 10.2. The SMILES string of the molecule is COCc1nc(C2CN(C)CCN2C)sc1C(=O)O. The fraction of sp³-hybridized carbons (Fsp3) is 0.667. The van der Waals surface area contributed by atoms with Crippen molar-refractivity contribution < 1.29 is 14.6 Å². The largest absolute Gasteiger partial charge is 0.477 e. The topological polar surface area (TPSA) is 65.9 Å². The normalized spacial score (nSPS) is 21.7. The third kappa shape index (κ3) is 3.11. The molecule has 106 valence electrons. The third-order valence-electron chi connectivity index (χ3n) is 3.33. The molecule has 1 atom stereocenters. The second kappa shape index (κ2) is 5.96. The van der Waals surface area contributed by atoms with Gasteiger partial charge in [0.2, 0.25) is 0 Å². The number of piperazine rings is 1.